The van der Waals surface area contributed by atoms with Gasteiger partial charge in [-0.3, -0.25) is 4.79 Å². The van der Waals surface area contributed by atoms with Crippen LogP contribution in [0.1, 0.15) is 34.3 Å². The summed E-state index contributed by atoms with van der Waals surface area (Å²) >= 11 is 5.96. The normalized spacial score (nSPS) is 23.8. The molecule has 0 bridgehead atoms. The molecule has 2 aromatic carbocycles. The summed E-state index contributed by atoms with van der Waals surface area (Å²) < 4.78 is 11.6. The first kappa shape index (κ1) is 22.2. The summed E-state index contributed by atoms with van der Waals surface area (Å²) in [5.41, 5.74) is 3.07. The Morgan fingerprint density at radius 3 is 2.61 bits per heavy atom. The molecule has 33 heavy (non-hydrogen) atoms. The van der Waals surface area contributed by atoms with Crippen LogP contribution in [0.3, 0.4) is 0 Å². The van der Waals surface area contributed by atoms with Crippen molar-refractivity contribution in [1.82, 2.24) is 4.90 Å². The van der Waals surface area contributed by atoms with E-state index >= 15 is 0 Å². The van der Waals surface area contributed by atoms with Crippen molar-refractivity contribution in [3.05, 3.63) is 88.5 Å². The molecular formula is C28H30ClNO3. The van der Waals surface area contributed by atoms with E-state index in [9.17, 15) is 4.79 Å². The van der Waals surface area contributed by atoms with Gasteiger partial charge in [-0.05, 0) is 60.6 Å². The SMILES string of the molecule is O=C1c2cc(OCCc3ccc(Cl)cc3)ccc2CCN1CC1C=CC=C[C@@H]1CC1CCO1. The minimum atomic E-state index is 0.112. The van der Waals surface area contributed by atoms with Gasteiger partial charge in [0.2, 0.25) is 0 Å². The topological polar surface area (TPSA) is 38.8 Å². The Kier molecular flexibility index (Phi) is 6.84. The van der Waals surface area contributed by atoms with Crippen molar-refractivity contribution >= 4 is 17.5 Å². The summed E-state index contributed by atoms with van der Waals surface area (Å²) in [5, 5.41) is 0.736. The molecule has 1 fully saturated rings. The molecule has 172 valence electrons. The van der Waals surface area contributed by atoms with Crippen LogP contribution in [0.15, 0.2) is 66.8 Å². The van der Waals surface area contributed by atoms with Crippen LogP contribution in [0.5, 0.6) is 5.75 Å². The van der Waals surface area contributed by atoms with E-state index in [0.717, 1.165) is 67.3 Å². The number of allylic oxidation sites excluding steroid dienone is 3. The van der Waals surface area contributed by atoms with Crippen LogP contribution in [0.4, 0.5) is 0 Å². The number of nitrogens with zero attached hydrogens (tertiary/aromatic N) is 1. The fraction of sp³-hybridized carbons (Fsp3) is 0.393. The number of hydrogen-bond donors (Lipinski definition) is 0. The second-order valence-electron chi connectivity index (χ2n) is 9.16. The summed E-state index contributed by atoms with van der Waals surface area (Å²) in [5.74, 6) is 1.62. The highest BCUT2D eigenvalue weighted by molar-refractivity contribution is 6.30. The molecule has 0 saturated carbocycles. The first-order valence-corrected chi connectivity index (χ1v) is 12.3. The zero-order valence-electron chi connectivity index (χ0n) is 18.8. The van der Waals surface area contributed by atoms with E-state index in [1.165, 1.54) is 5.56 Å². The van der Waals surface area contributed by atoms with Crippen molar-refractivity contribution in [2.24, 2.45) is 11.8 Å². The molecule has 1 aliphatic carbocycles. The van der Waals surface area contributed by atoms with Crippen LogP contribution in [-0.2, 0) is 17.6 Å². The van der Waals surface area contributed by atoms with Crippen LogP contribution in [0.2, 0.25) is 5.02 Å². The molecule has 2 aromatic rings. The Labute approximate surface area is 200 Å². The summed E-state index contributed by atoms with van der Waals surface area (Å²) in [6, 6.07) is 13.8. The highest BCUT2D eigenvalue weighted by Crippen LogP contribution is 2.31. The summed E-state index contributed by atoms with van der Waals surface area (Å²) in [7, 11) is 0. The molecular weight excluding hydrogens is 434 g/mol. The lowest BCUT2D eigenvalue weighted by Gasteiger charge is -2.36. The van der Waals surface area contributed by atoms with Crippen LogP contribution in [-0.4, -0.2) is 43.2 Å². The largest absolute Gasteiger partial charge is 0.493 e. The van der Waals surface area contributed by atoms with Gasteiger partial charge in [-0.15, -0.1) is 0 Å². The summed E-state index contributed by atoms with van der Waals surface area (Å²) in [6.45, 7) is 2.96. The van der Waals surface area contributed by atoms with Gasteiger partial charge in [0.25, 0.3) is 5.91 Å². The minimum Gasteiger partial charge on any atom is -0.493 e. The van der Waals surface area contributed by atoms with Gasteiger partial charge in [0.05, 0.1) is 12.7 Å². The lowest BCUT2D eigenvalue weighted by molar-refractivity contribution is -0.0626. The van der Waals surface area contributed by atoms with Gasteiger partial charge in [-0.1, -0.05) is 54.1 Å². The summed E-state index contributed by atoms with van der Waals surface area (Å²) in [4.78, 5) is 15.4. The van der Waals surface area contributed by atoms with Gasteiger partial charge in [0, 0.05) is 42.6 Å². The number of amides is 1. The zero-order valence-corrected chi connectivity index (χ0v) is 19.5. The number of rotatable bonds is 8. The fourth-order valence-electron chi connectivity index (χ4n) is 4.88. The quantitative estimate of drug-likeness (QED) is 0.519. The lowest BCUT2D eigenvalue weighted by atomic mass is 9.82. The number of benzene rings is 2. The average molecular weight is 464 g/mol. The second kappa shape index (κ2) is 10.1. The Hall–Kier alpha value is -2.56. The van der Waals surface area contributed by atoms with Crippen molar-refractivity contribution in [2.75, 3.05) is 26.3 Å². The monoisotopic (exact) mass is 463 g/mol. The molecule has 3 aliphatic rings. The molecule has 0 radical (unpaired) electrons. The first-order valence-electron chi connectivity index (χ1n) is 11.9. The van der Waals surface area contributed by atoms with Crippen molar-refractivity contribution < 1.29 is 14.3 Å². The Morgan fingerprint density at radius 2 is 1.85 bits per heavy atom. The molecule has 1 amide bonds. The van der Waals surface area contributed by atoms with Crippen molar-refractivity contribution in [3.8, 4) is 5.75 Å². The molecule has 3 atom stereocenters. The van der Waals surface area contributed by atoms with E-state index in [1.54, 1.807) is 0 Å². The minimum absolute atomic E-state index is 0.112. The maximum atomic E-state index is 13.4. The highest BCUT2D eigenvalue weighted by Gasteiger charge is 2.31. The molecule has 0 N–H and O–H groups in total. The van der Waals surface area contributed by atoms with Crippen molar-refractivity contribution in [3.63, 3.8) is 0 Å². The molecule has 5 heteroatoms. The second-order valence-corrected chi connectivity index (χ2v) is 9.60. The van der Waals surface area contributed by atoms with Crippen LogP contribution in [0, 0.1) is 11.8 Å². The highest BCUT2D eigenvalue weighted by atomic mass is 35.5. The van der Waals surface area contributed by atoms with E-state index in [0.29, 0.717) is 24.5 Å². The van der Waals surface area contributed by atoms with Crippen LogP contribution >= 0.6 is 11.6 Å². The predicted octanol–water partition coefficient (Wildman–Crippen LogP) is 5.50. The van der Waals surface area contributed by atoms with E-state index in [4.69, 9.17) is 21.1 Å². The number of hydrogen-bond acceptors (Lipinski definition) is 3. The third kappa shape index (κ3) is 5.34. The van der Waals surface area contributed by atoms with E-state index in [2.05, 4.69) is 24.3 Å². The predicted molar refractivity (Wildman–Crippen MR) is 131 cm³/mol. The van der Waals surface area contributed by atoms with Crippen LogP contribution in [0.25, 0.3) is 0 Å². The smallest absolute Gasteiger partial charge is 0.254 e. The maximum absolute atomic E-state index is 13.4. The molecule has 1 saturated heterocycles. The Balaban J connectivity index is 1.21. The number of ether oxygens (including phenoxy) is 2. The number of fused-ring (bicyclic) bond motifs is 1. The van der Waals surface area contributed by atoms with E-state index in [1.807, 2.05) is 47.4 Å². The maximum Gasteiger partial charge on any atom is 0.254 e. The van der Waals surface area contributed by atoms with Gasteiger partial charge in [0.1, 0.15) is 5.75 Å². The number of carbonyl (C=O) groups is 1. The van der Waals surface area contributed by atoms with E-state index < -0.39 is 0 Å². The average Bonchev–Trinajstić information content (AvgIpc) is 2.80. The molecule has 0 aromatic heterocycles. The Morgan fingerprint density at radius 1 is 1.06 bits per heavy atom. The molecule has 0 spiro atoms. The van der Waals surface area contributed by atoms with E-state index in [-0.39, 0.29) is 5.91 Å². The van der Waals surface area contributed by atoms with Crippen LogP contribution < -0.4 is 4.74 Å². The molecule has 2 aliphatic heterocycles. The molecule has 5 rings (SSSR count). The number of halogens is 1. The third-order valence-electron chi connectivity index (χ3n) is 6.96. The van der Waals surface area contributed by atoms with Gasteiger partial charge in [0.15, 0.2) is 0 Å². The standard InChI is InChI=1S/C28H30ClNO3/c29-24-8-5-20(6-9-24)12-15-32-25-10-7-21-11-14-30(28(31)27(21)18-25)19-23-4-2-1-3-22(23)17-26-13-16-33-26/h1-10,18,22-23,26H,11-17,19H2/t22-,23?,26?/m1/s1. The fourth-order valence-corrected chi connectivity index (χ4v) is 5.00. The molecule has 2 heterocycles. The Bertz CT molecular complexity index is 1040. The summed E-state index contributed by atoms with van der Waals surface area (Å²) in [6.07, 6.45) is 13.0. The zero-order chi connectivity index (χ0) is 22.6. The third-order valence-corrected chi connectivity index (χ3v) is 7.21. The van der Waals surface area contributed by atoms with Gasteiger partial charge in [-0.25, -0.2) is 0 Å². The first-order chi connectivity index (χ1) is 16.2. The van der Waals surface area contributed by atoms with Gasteiger partial charge >= 0.3 is 0 Å². The van der Waals surface area contributed by atoms with Crippen molar-refractivity contribution in [2.45, 2.75) is 31.8 Å². The van der Waals surface area contributed by atoms with Gasteiger partial charge < -0.3 is 14.4 Å². The molecule has 4 nitrogen and oxygen atoms in total. The molecule has 2 unspecified atom stereocenters. The van der Waals surface area contributed by atoms with Crippen molar-refractivity contribution in [1.29, 1.82) is 0 Å². The van der Waals surface area contributed by atoms with Gasteiger partial charge in [-0.2, -0.15) is 0 Å². The number of carbonyl (C=O) groups excluding carboxylic acids is 1. The lowest BCUT2D eigenvalue weighted by Crippen LogP contribution is -2.42.